The maximum Gasteiger partial charge on any atom is 0.157 e. The van der Waals surface area contributed by atoms with Gasteiger partial charge in [-0.3, -0.25) is 24.8 Å². The summed E-state index contributed by atoms with van der Waals surface area (Å²) in [5, 5.41) is 3.33. The van der Waals surface area contributed by atoms with Crippen molar-refractivity contribution in [2.45, 2.75) is 19.8 Å². The van der Waals surface area contributed by atoms with Crippen LogP contribution in [0.3, 0.4) is 0 Å². The van der Waals surface area contributed by atoms with Crippen LogP contribution in [0.5, 0.6) is 5.75 Å². The van der Waals surface area contributed by atoms with E-state index in [9.17, 15) is 0 Å². The van der Waals surface area contributed by atoms with E-state index in [1.165, 1.54) is 17.7 Å². The largest absolute Gasteiger partial charge is 0.491 e. The highest BCUT2D eigenvalue weighted by atomic mass is 32.1. The average Bonchev–Trinajstić information content (AvgIpc) is 3.74. The number of nitrogens with zero attached hydrogens (tertiary/aromatic N) is 6. The van der Waals surface area contributed by atoms with Crippen LogP contribution in [-0.2, 0) is 0 Å². The Labute approximate surface area is 230 Å². The Kier molecular flexibility index (Phi) is 6.26. The SMILES string of the molecule is Cc1ccc(-c2nccc3[nH]c(C4=NCNc5cnc(-c6cncc(OCCN7CCCC7)c6)cc54)nc23)s1. The number of pyridine rings is 3. The number of H-pyrrole nitrogens is 1. The highest BCUT2D eigenvalue weighted by Crippen LogP contribution is 2.32. The van der Waals surface area contributed by atoms with Crippen LogP contribution in [0.2, 0.25) is 0 Å². The summed E-state index contributed by atoms with van der Waals surface area (Å²) in [6.07, 6.45) is 9.81. The fraction of sp³-hybridized carbons (Fsp3) is 0.276. The number of rotatable bonds is 7. The number of imidazole rings is 1. The Morgan fingerprint density at radius 3 is 2.85 bits per heavy atom. The number of aliphatic imine (C=N–C) groups is 1. The van der Waals surface area contributed by atoms with Crippen molar-refractivity contribution >= 4 is 33.8 Å². The van der Waals surface area contributed by atoms with Crippen molar-refractivity contribution < 1.29 is 4.74 Å². The zero-order chi connectivity index (χ0) is 26.2. The van der Waals surface area contributed by atoms with Crippen LogP contribution >= 0.6 is 11.3 Å². The first-order valence-corrected chi connectivity index (χ1v) is 14.0. The summed E-state index contributed by atoms with van der Waals surface area (Å²) in [5.41, 5.74) is 7.00. The van der Waals surface area contributed by atoms with Crippen LogP contribution < -0.4 is 10.1 Å². The number of thiophene rings is 1. The molecule has 5 aromatic rings. The van der Waals surface area contributed by atoms with E-state index in [-0.39, 0.29) is 0 Å². The molecule has 39 heavy (non-hydrogen) atoms. The van der Waals surface area contributed by atoms with E-state index < -0.39 is 0 Å². The van der Waals surface area contributed by atoms with Crippen molar-refractivity contribution in [1.82, 2.24) is 29.8 Å². The van der Waals surface area contributed by atoms with Gasteiger partial charge in [-0.1, -0.05) is 0 Å². The fourth-order valence-corrected chi connectivity index (χ4v) is 6.03. The van der Waals surface area contributed by atoms with Crippen molar-refractivity contribution in [3.63, 3.8) is 0 Å². The summed E-state index contributed by atoms with van der Waals surface area (Å²) in [7, 11) is 0. The van der Waals surface area contributed by atoms with Gasteiger partial charge in [-0.25, -0.2) is 4.98 Å². The van der Waals surface area contributed by atoms with Gasteiger partial charge in [0, 0.05) is 34.9 Å². The van der Waals surface area contributed by atoms with E-state index in [1.807, 2.05) is 36.8 Å². The predicted octanol–water partition coefficient (Wildman–Crippen LogP) is 5.15. The van der Waals surface area contributed by atoms with E-state index in [4.69, 9.17) is 19.7 Å². The number of hydrogen-bond acceptors (Lipinski definition) is 9. The lowest BCUT2D eigenvalue weighted by Crippen LogP contribution is -2.25. The molecule has 0 radical (unpaired) electrons. The molecule has 0 aromatic carbocycles. The Morgan fingerprint density at radius 2 is 1.97 bits per heavy atom. The van der Waals surface area contributed by atoms with Crippen molar-refractivity contribution in [2.75, 3.05) is 38.2 Å². The molecule has 1 fully saturated rings. The fourth-order valence-electron chi connectivity index (χ4n) is 5.17. The number of nitrogens with one attached hydrogen (secondary N) is 2. The zero-order valence-corrected chi connectivity index (χ0v) is 22.5. The molecule has 10 heteroatoms. The second-order valence-corrected chi connectivity index (χ2v) is 11.1. The standard InChI is InChI=1S/C29H28N8OS/c1-18-4-5-25(39-18)28-27-22(6-7-31-28)35-29(36-27)26-21-13-23(32-16-24(21)33-17-34-26)19-12-20(15-30-14-19)38-11-10-37-8-2-3-9-37/h4-7,12-16,33H,2-3,8-11,17H2,1H3,(H,35,36). The molecule has 1 saturated heterocycles. The number of aryl methyl sites for hydroxylation is 1. The monoisotopic (exact) mass is 536 g/mol. The molecule has 0 aliphatic carbocycles. The van der Waals surface area contributed by atoms with Crippen LogP contribution in [0.1, 0.15) is 29.1 Å². The zero-order valence-electron chi connectivity index (χ0n) is 21.6. The number of ether oxygens (including phenoxy) is 1. The highest BCUT2D eigenvalue weighted by Gasteiger charge is 2.22. The van der Waals surface area contributed by atoms with Gasteiger partial charge in [-0.05, 0) is 63.2 Å². The van der Waals surface area contributed by atoms with Gasteiger partial charge in [-0.2, -0.15) is 0 Å². The molecular weight excluding hydrogens is 508 g/mol. The maximum atomic E-state index is 6.03. The number of aromatic amines is 1. The Balaban J connectivity index is 1.18. The minimum Gasteiger partial charge on any atom is -0.491 e. The summed E-state index contributed by atoms with van der Waals surface area (Å²) in [5.74, 6) is 1.46. The first-order valence-electron chi connectivity index (χ1n) is 13.2. The Bertz CT molecular complexity index is 1680. The predicted molar refractivity (Wildman–Crippen MR) is 155 cm³/mol. The van der Waals surface area contributed by atoms with Crippen LogP contribution in [-0.4, -0.2) is 68.4 Å². The molecule has 5 aromatic heterocycles. The Morgan fingerprint density at radius 1 is 1.05 bits per heavy atom. The summed E-state index contributed by atoms with van der Waals surface area (Å²) in [6.45, 7) is 6.47. The van der Waals surface area contributed by atoms with Crippen LogP contribution in [0.25, 0.3) is 32.9 Å². The van der Waals surface area contributed by atoms with Gasteiger partial charge in [0.25, 0.3) is 0 Å². The summed E-state index contributed by atoms with van der Waals surface area (Å²) < 4.78 is 6.03. The molecule has 0 spiro atoms. The molecule has 0 bridgehead atoms. The van der Waals surface area contributed by atoms with Crippen molar-refractivity contribution in [1.29, 1.82) is 0 Å². The van der Waals surface area contributed by atoms with Gasteiger partial charge < -0.3 is 15.0 Å². The highest BCUT2D eigenvalue weighted by molar-refractivity contribution is 7.15. The van der Waals surface area contributed by atoms with Gasteiger partial charge in [0.2, 0.25) is 0 Å². The molecule has 0 saturated carbocycles. The van der Waals surface area contributed by atoms with E-state index in [2.05, 4.69) is 44.2 Å². The van der Waals surface area contributed by atoms with Crippen molar-refractivity contribution in [3.8, 4) is 27.6 Å². The topological polar surface area (TPSA) is 104 Å². The lowest BCUT2D eigenvalue weighted by Gasteiger charge is -2.18. The van der Waals surface area contributed by atoms with Crippen molar-refractivity contribution in [2.24, 2.45) is 4.99 Å². The summed E-state index contributed by atoms with van der Waals surface area (Å²) in [4.78, 5) is 31.8. The van der Waals surface area contributed by atoms with E-state index in [1.54, 1.807) is 17.5 Å². The third-order valence-electron chi connectivity index (χ3n) is 7.15. The summed E-state index contributed by atoms with van der Waals surface area (Å²) >= 11 is 1.72. The third kappa shape index (κ3) is 4.77. The second kappa shape index (κ2) is 10.2. The molecule has 9 nitrogen and oxygen atoms in total. The maximum absolute atomic E-state index is 6.03. The first kappa shape index (κ1) is 23.9. The number of anilines is 1. The lowest BCUT2D eigenvalue weighted by molar-refractivity contribution is 0.237. The number of likely N-dealkylation sites (tertiary alicyclic amines) is 1. The van der Waals surface area contributed by atoms with Gasteiger partial charge in [-0.15, -0.1) is 11.3 Å². The van der Waals surface area contributed by atoms with Crippen LogP contribution in [0.4, 0.5) is 5.69 Å². The van der Waals surface area contributed by atoms with E-state index >= 15 is 0 Å². The van der Waals surface area contributed by atoms with Crippen molar-refractivity contribution in [3.05, 3.63) is 71.4 Å². The van der Waals surface area contributed by atoms with Gasteiger partial charge in [0.1, 0.15) is 35.9 Å². The minimum atomic E-state index is 0.456. The molecule has 2 aliphatic heterocycles. The average molecular weight is 537 g/mol. The molecular formula is C29H28N8OS. The van der Waals surface area contributed by atoms with E-state index in [0.29, 0.717) is 19.1 Å². The molecule has 2 N–H and O–H groups in total. The quantitative estimate of drug-likeness (QED) is 0.297. The van der Waals surface area contributed by atoms with Gasteiger partial charge in [0.05, 0.1) is 34.2 Å². The normalized spacial score (nSPS) is 15.3. The molecule has 0 amide bonds. The molecule has 7 heterocycles. The van der Waals surface area contributed by atoms with E-state index in [0.717, 1.165) is 75.2 Å². The van der Waals surface area contributed by atoms with Gasteiger partial charge >= 0.3 is 0 Å². The summed E-state index contributed by atoms with van der Waals surface area (Å²) in [6, 6.07) is 10.2. The van der Waals surface area contributed by atoms with Gasteiger partial charge in [0.15, 0.2) is 5.82 Å². The number of aromatic nitrogens is 5. The molecule has 0 atom stereocenters. The second-order valence-electron chi connectivity index (χ2n) is 9.81. The van der Waals surface area contributed by atoms with Crippen LogP contribution in [0, 0.1) is 6.92 Å². The number of fused-ring (bicyclic) bond motifs is 2. The third-order valence-corrected chi connectivity index (χ3v) is 8.16. The molecule has 196 valence electrons. The first-order chi connectivity index (χ1) is 19.2. The molecule has 2 aliphatic rings. The smallest absolute Gasteiger partial charge is 0.157 e. The van der Waals surface area contributed by atoms with Crippen LogP contribution in [0.15, 0.2) is 60.1 Å². The lowest BCUT2D eigenvalue weighted by atomic mass is 10.0. The molecule has 7 rings (SSSR count). The number of hydrogen-bond donors (Lipinski definition) is 2. The minimum absolute atomic E-state index is 0.456. The molecule has 0 unspecified atom stereocenters. The Hall–Kier alpha value is -4.15.